The summed E-state index contributed by atoms with van der Waals surface area (Å²) in [4.78, 5) is 4.69. The van der Waals surface area contributed by atoms with E-state index in [9.17, 15) is 0 Å². The van der Waals surface area contributed by atoms with Crippen molar-refractivity contribution in [1.29, 1.82) is 0 Å². The Bertz CT molecular complexity index is 598. The van der Waals surface area contributed by atoms with Crippen LogP contribution < -0.4 is 10.5 Å². The number of ether oxygens (including phenoxy) is 1. The molecule has 20 heavy (non-hydrogen) atoms. The Morgan fingerprint density at radius 1 is 1.40 bits per heavy atom. The minimum Gasteiger partial charge on any atom is -0.497 e. The number of nitrogens with zero attached hydrogens (tertiary/aromatic N) is 1. The third-order valence-corrected chi connectivity index (χ3v) is 4.67. The molecule has 108 valence electrons. The van der Waals surface area contributed by atoms with E-state index in [0.717, 1.165) is 41.5 Å². The van der Waals surface area contributed by atoms with E-state index < -0.39 is 0 Å². The van der Waals surface area contributed by atoms with Crippen LogP contribution in [0.1, 0.15) is 38.5 Å². The molecule has 1 aliphatic rings. The van der Waals surface area contributed by atoms with Crippen LogP contribution in [0.4, 0.5) is 0 Å². The summed E-state index contributed by atoms with van der Waals surface area (Å²) in [6.45, 7) is 2.90. The van der Waals surface area contributed by atoms with Crippen molar-refractivity contribution in [3.05, 3.63) is 24.1 Å². The predicted octanol–water partition coefficient (Wildman–Crippen LogP) is 3.24. The van der Waals surface area contributed by atoms with Gasteiger partial charge in [0.15, 0.2) is 5.58 Å². The van der Waals surface area contributed by atoms with Crippen LogP contribution in [-0.4, -0.2) is 18.6 Å². The van der Waals surface area contributed by atoms with Gasteiger partial charge in [0, 0.05) is 12.6 Å². The molecule has 1 saturated carbocycles. The molecule has 1 aromatic heterocycles. The Morgan fingerprint density at radius 3 is 2.80 bits per heavy atom. The van der Waals surface area contributed by atoms with Gasteiger partial charge in [0.05, 0.1) is 12.5 Å². The van der Waals surface area contributed by atoms with Gasteiger partial charge >= 0.3 is 0 Å². The maximum atomic E-state index is 6.07. The summed E-state index contributed by atoms with van der Waals surface area (Å²) in [6, 6.07) is 5.73. The van der Waals surface area contributed by atoms with Gasteiger partial charge in [-0.2, -0.15) is 0 Å². The molecule has 1 fully saturated rings. The lowest BCUT2D eigenvalue weighted by molar-refractivity contribution is 0.210. The number of hydrogen-bond acceptors (Lipinski definition) is 4. The second-order valence-corrected chi connectivity index (χ2v) is 6.02. The smallest absolute Gasteiger partial charge is 0.202 e. The van der Waals surface area contributed by atoms with E-state index in [1.165, 1.54) is 12.8 Å². The first-order chi connectivity index (χ1) is 9.66. The Morgan fingerprint density at radius 2 is 2.15 bits per heavy atom. The average molecular weight is 274 g/mol. The fourth-order valence-corrected chi connectivity index (χ4v) is 3.08. The number of rotatable bonds is 3. The zero-order valence-electron chi connectivity index (χ0n) is 12.2. The molecule has 0 bridgehead atoms. The standard InChI is InChI=1S/C16H22N2O2/c1-11-5-7-16(10-17,8-6-11)15-18-13-9-12(19-2)3-4-14(13)20-15/h3-4,9,11H,5-8,10,17H2,1-2H3. The first-order valence-corrected chi connectivity index (χ1v) is 7.32. The lowest BCUT2D eigenvalue weighted by atomic mass is 9.71. The van der Waals surface area contributed by atoms with Gasteiger partial charge in [0.25, 0.3) is 0 Å². The van der Waals surface area contributed by atoms with E-state index in [1.807, 2.05) is 18.2 Å². The quantitative estimate of drug-likeness (QED) is 0.933. The second kappa shape index (κ2) is 5.09. The van der Waals surface area contributed by atoms with E-state index in [-0.39, 0.29) is 5.41 Å². The summed E-state index contributed by atoms with van der Waals surface area (Å²) in [5.74, 6) is 2.38. The summed E-state index contributed by atoms with van der Waals surface area (Å²) >= 11 is 0. The first kappa shape index (κ1) is 13.4. The summed E-state index contributed by atoms with van der Waals surface area (Å²) in [5.41, 5.74) is 7.65. The number of aromatic nitrogens is 1. The molecule has 0 unspecified atom stereocenters. The van der Waals surface area contributed by atoms with Gasteiger partial charge in [0.2, 0.25) is 5.89 Å². The Hall–Kier alpha value is -1.55. The summed E-state index contributed by atoms with van der Waals surface area (Å²) in [7, 11) is 1.66. The fourth-order valence-electron chi connectivity index (χ4n) is 3.08. The van der Waals surface area contributed by atoms with Crippen LogP contribution in [0.25, 0.3) is 11.1 Å². The van der Waals surface area contributed by atoms with Crippen LogP contribution >= 0.6 is 0 Å². The molecule has 4 nitrogen and oxygen atoms in total. The number of methoxy groups -OCH3 is 1. The van der Waals surface area contributed by atoms with Gasteiger partial charge in [0.1, 0.15) is 11.3 Å². The second-order valence-electron chi connectivity index (χ2n) is 6.02. The molecule has 0 saturated heterocycles. The zero-order valence-corrected chi connectivity index (χ0v) is 12.2. The van der Waals surface area contributed by atoms with Gasteiger partial charge in [-0.05, 0) is 43.7 Å². The monoisotopic (exact) mass is 274 g/mol. The lowest BCUT2D eigenvalue weighted by Crippen LogP contribution is -2.38. The summed E-state index contributed by atoms with van der Waals surface area (Å²) in [5, 5.41) is 0. The highest BCUT2D eigenvalue weighted by molar-refractivity contribution is 5.74. The third kappa shape index (κ3) is 2.18. The number of hydrogen-bond donors (Lipinski definition) is 1. The van der Waals surface area contributed by atoms with Crippen molar-refractivity contribution < 1.29 is 9.15 Å². The highest BCUT2D eigenvalue weighted by atomic mass is 16.5. The minimum atomic E-state index is -0.0846. The Labute approximate surface area is 119 Å². The van der Waals surface area contributed by atoms with Crippen molar-refractivity contribution in [3.8, 4) is 5.75 Å². The van der Waals surface area contributed by atoms with Crippen molar-refractivity contribution in [2.45, 2.75) is 38.0 Å². The van der Waals surface area contributed by atoms with Gasteiger partial charge in [-0.1, -0.05) is 6.92 Å². The van der Waals surface area contributed by atoms with E-state index in [4.69, 9.17) is 14.9 Å². The van der Waals surface area contributed by atoms with Crippen molar-refractivity contribution >= 4 is 11.1 Å². The minimum absolute atomic E-state index is 0.0846. The van der Waals surface area contributed by atoms with Crippen molar-refractivity contribution in [3.63, 3.8) is 0 Å². The van der Waals surface area contributed by atoms with Gasteiger partial charge in [-0.25, -0.2) is 4.98 Å². The molecule has 4 heteroatoms. The van der Waals surface area contributed by atoms with Gasteiger partial charge in [-0.3, -0.25) is 0 Å². The first-order valence-electron chi connectivity index (χ1n) is 7.32. The number of oxazole rings is 1. The van der Waals surface area contributed by atoms with Crippen LogP contribution in [0.3, 0.4) is 0 Å². The highest BCUT2D eigenvalue weighted by Crippen LogP contribution is 2.41. The number of fused-ring (bicyclic) bond motifs is 1. The largest absolute Gasteiger partial charge is 0.497 e. The van der Waals surface area contributed by atoms with Crippen molar-refractivity contribution in [2.24, 2.45) is 11.7 Å². The third-order valence-electron chi connectivity index (χ3n) is 4.67. The normalized spacial score (nSPS) is 26.9. The Kier molecular flexibility index (Phi) is 3.42. The molecule has 1 aliphatic carbocycles. The number of benzene rings is 1. The molecule has 0 spiro atoms. The topological polar surface area (TPSA) is 61.3 Å². The SMILES string of the molecule is COc1ccc2oc(C3(CN)CCC(C)CC3)nc2c1. The van der Waals surface area contributed by atoms with Crippen molar-refractivity contribution in [2.75, 3.05) is 13.7 Å². The van der Waals surface area contributed by atoms with Crippen molar-refractivity contribution in [1.82, 2.24) is 4.98 Å². The molecular weight excluding hydrogens is 252 g/mol. The summed E-state index contributed by atoms with van der Waals surface area (Å²) < 4.78 is 11.2. The number of nitrogens with two attached hydrogens (primary N) is 1. The predicted molar refractivity (Wildman–Crippen MR) is 78.9 cm³/mol. The molecule has 3 rings (SSSR count). The van der Waals surface area contributed by atoms with Crippen LogP contribution in [0.15, 0.2) is 22.6 Å². The molecule has 0 atom stereocenters. The van der Waals surface area contributed by atoms with Crippen LogP contribution in [0.5, 0.6) is 5.75 Å². The maximum Gasteiger partial charge on any atom is 0.202 e. The maximum absolute atomic E-state index is 6.07. The summed E-state index contributed by atoms with van der Waals surface area (Å²) in [6.07, 6.45) is 4.52. The average Bonchev–Trinajstić information content (AvgIpc) is 2.91. The van der Waals surface area contributed by atoms with Crippen LogP contribution in [0, 0.1) is 5.92 Å². The molecule has 0 aliphatic heterocycles. The molecular formula is C16H22N2O2. The van der Waals surface area contributed by atoms with E-state index >= 15 is 0 Å². The molecule has 2 aromatic rings. The van der Waals surface area contributed by atoms with E-state index in [1.54, 1.807) is 7.11 Å². The van der Waals surface area contributed by atoms with Gasteiger partial charge < -0.3 is 14.9 Å². The zero-order chi connectivity index (χ0) is 14.2. The lowest BCUT2D eigenvalue weighted by Gasteiger charge is -2.35. The van der Waals surface area contributed by atoms with Crippen LogP contribution in [0.2, 0.25) is 0 Å². The highest BCUT2D eigenvalue weighted by Gasteiger charge is 2.39. The fraction of sp³-hybridized carbons (Fsp3) is 0.562. The molecule has 2 N–H and O–H groups in total. The molecule has 1 heterocycles. The molecule has 1 aromatic carbocycles. The molecule has 0 amide bonds. The molecule has 0 radical (unpaired) electrons. The van der Waals surface area contributed by atoms with Gasteiger partial charge in [-0.15, -0.1) is 0 Å². The van der Waals surface area contributed by atoms with E-state index in [0.29, 0.717) is 6.54 Å². The Balaban J connectivity index is 1.99. The van der Waals surface area contributed by atoms with Crippen LogP contribution in [-0.2, 0) is 5.41 Å². The van der Waals surface area contributed by atoms with E-state index in [2.05, 4.69) is 11.9 Å².